The molecule has 4 aromatic carbocycles. The molecule has 4 aromatic rings. The second kappa shape index (κ2) is 14.1. The van der Waals surface area contributed by atoms with Crippen LogP contribution < -0.4 is 19.7 Å². The maximum Gasteiger partial charge on any atom is 0.270 e. The number of Topliss-reactive ketones (excluding diaryl/α,β-unsaturated/α-hetero) is 1. The molecule has 0 aromatic heterocycles. The summed E-state index contributed by atoms with van der Waals surface area (Å²) in [5.74, 6) is -1.000. The SMILES string of the molecule is COc1ccc([N+](=O)[O-])cc1CN(c1ccccc1)C1(CCC(C)(C)C)C(=O)C(C2=NS(O)(O)c3cc(NS(C)(=O)=O)ccc3N2)=C(O)c2ccccc21. The van der Waals surface area contributed by atoms with Crippen LogP contribution in [-0.2, 0) is 26.9 Å². The molecule has 1 atom stereocenters. The van der Waals surface area contributed by atoms with Crippen LogP contribution in [0.4, 0.5) is 22.7 Å². The number of para-hydroxylation sites is 1. The number of amidine groups is 1. The van der Waals surface area contributed by atoms with Gasteiger partial charge in [0.15, 0.2) is 5.84 Å². The van der Waals surface area contributed by atoms with Crippen LogP contribution in [-0.4, -0.2) is 52.5 Å². The Morgan fingerprint density at radius 2 is 1.70 bits per heavy atom. The lowest BCUT2D eigenvalue weighted by molar-refractivity contribution is -0.384. The molecule has 1 aliphatic heterocycles. The van der Waals surface area contributed by atoms with E-state index in [-0.39, 0.29) is 51.7 Å². The molecule has 14 nitrogen and oxygen atoms in total. The number of carbonyl (C=O) groups excluding carboxylic acids is 1. The number of aliphatic hydroxyl groups is 1. The van der Waals surface area contributed by atoms with E-state index in [2.05, 4.69) is 14.4 Å². The fourth-order valence-electron chi connectivity index (χ4n) is 6.84. The normalized spacial score (nSPS) is 18.4. The molecule has 284 valence electrons. The molecule has 0 amide bonds. The smallest absolute Gasteiger partial charge is 0.270 e. The average molecular weight is 776 g/mol. The minimum atomic E-state index is -4.06. The van der Waals surface area contributed by atoms with Gasteiger partial charge in [0.2, 0.25) is 15.8 Å². The summed E-state index contributed by atoms with van der Waals surface area (Å²) in [7, 11) is -6.30. The van der Waals surface area contributed by atoms with Crippen molar-refractivity contribution < 1.29 is 37.1 Å². The van der Waals surface area contributed by atoms with Gasteiger partial charge in [0.25, 0.3) is 5.69 Å². The van der Waals surface area contributed by atoms with Gasteiger partial charge in [-0.2, -0.15) is 0 Å². The Hall–Kier alpha value is -5.42. The monoisotopic (exact) mass is 775 g/mol. The lowest BCUT2D eigenvalue weighted by Crippen LogP contribution is -2.56. The summed E-state index contributed by atoms with van der Waals surface area (Å²) < 4.78 is 58.8. The van der Waals surface area contributed by atoms with Gasteiger partial charge < -0.3 is 20.1 Å². The number of non-ortho nitro benzene ring substituents is 1. The number of nitro benzene ring substituents is 1. The zero-order valence-corrected chi connectivity index (χ0v) is 31.9. The molecule has 0 spiro atoms. The first-order valence-corrected chi connectivity index (χ1v) is 20.2. The molecule has 1 aliphatic carbocycles. The maximum absolute atomic E-state index is 15.8. The molecular formula is C38H41N5O9S2. The number of nitro groups is 1. The van der Waals surface area contributed by atoms with Crippen molar-refractivity contribution in [2.75, 3.05) is 28.3 Å². The van der Waals surface area contributed by atoms with Crippen molar-refractivity contribution in [2.24, 2.45) is 9.81 Å². The van der Waals surface area contributed by atoms with Crippen LogP contribution in [0.1, 0.15) is 50.3 Å². The fraction of sp³-hybridized carbons (Fsp3) is 0.263. The van der Waals surface area contributed by atoms with Crippen LogP contribution in [0.25, 0.3) is 5.76 Å². The van der Waals surface area contributed by atoms with Gasteiger partial charge in [-0.05, 0) is 60.2 Å². The molecule has 0 fully saturated rings. The molecular weight excluding hydrogens is 735 g/mol. The highest BCUT2D eigenvalue weighted by Gasteiger charge is 2.54. The van der Waals surface area contributed by atoms with Gasteiger partial charge in [0.05, 0.1) is 29.7 Å². The molecule has 0 saturated heterocycles. The van der Waals surface area contributed by atoms with Gasteiger partial charge in [-0.1, -0.05) is 74.0 Å². The quantitative estimate of drug-likeness (QED) is 0.0727. The number of nitrogens with zero attached hydrogens (tertiary/aromatic N) is 3. The predicted octanol–water partition coefficient (Wildman–Crippen LogP) is 8.10. The van der Waals surface area contributed by atoms with Crippen LogP contribution in [0, 0.1) is 15.5 Å². The van der Waals surface area contributed by atoms with Gasteiger partial charge in [0, 0.05) is 35.5 Å². The molecule has 6 rings (SSSR count). The van der Waals surface area contributed by atoms with Gasteiger partial charge in [-0.3, -0.25) is 28.7 Å². The van der Waals surface area contributed by atoms with Crippen molar-refractivity contribution >= 4 is 60.9 Å². The predicted molar refractivity (Wildman–Crippen MR) is 211 cm³/mol. The number of anilines is 3. The first-order valence-electron chi connectivity index (χ1n) is 16.8. The highest BCUT2D eigenvalue weighted by Crippen LogP contribution is 2.57. The maximum atomic E-state index is 15.8. The summed E-state index contributed by atoms with van der Waals surface area (Å²) in [6, 6.07) is 24.3. The number of benzene rings is 4. The Balaban J connectivity index is 1.61. The van der Waals surface area contributed by atoms with Crippen molar-refractivity contribution in [1.29, 1.82) is 0 Å². The number of carbonyl (C=O) groups is 1. The molecule has 0 radical (unpaired) electrons. The molecule has 1 heterocycles. The Labute approximate surface area is 314 Å². The highest BCUT2D eigenvalue weighted by molar-refractivity contribution is 8.23. The number of ether oxygens (including phenoxy) is 1. The van der Waals surface area contributed by atoms with E-state index in [0.29, 0.717) is 34.5 Å². The molecule has 54 heavy (non-hydrogen) atoms. The zero-order chi connectivity index (χ0) is 39.2. The summed E-state index contributed by atoms with van der Waals surface area (Å²) in [5, 5.41) is 27.0. The van der Waals surface area contributed by atoms with E-state index in [4.69, 9.17) is 4.74 Å². The third kappa shape index (κ3) is 7.37. The summed E-state index contributed by atoms with van der Waals surface area (Å²) in [4.78, 5) is 28.9. The summed E-state index contributed by atoms with van der Waals surface area (Å²) >= 11 is 0. The minimum absolute atomic E-state index is 0.0544. The number of sulfonamides is 1. The molecule has 5 N–H and O–H groups in total. The largest absolute Gasteiger partial charge is 0.506 e. The van der Waals surface area contributed by atoms with E-state index in [9.17, 15) is 32.7 Å². The minimum Gasteiger partial charge on any atom is -0.506 e. The third-order valence-electron chi connectivity index (χ3n) is 9.32. The van der Waals surface area contributed by atoms with Crippen molar-refractivity contribution in [3.8, 4) is 5.75 Å². The Kier molecular flexibility index (Phi) is 10.00. The lowest BCUT2D eigenvalue weighted by Gasteiger charge is -2.49. The first kappa shape index (κ1) is 38.3. The molecule has 2 aliphatic rings. The Morgan fingerprint density at radius 3 is 2.35 bits per heavy atom. The van der Waals surface area contributed by atoms with Crippen LogP contribution in [0.2, 0.25) is 0 Å². The van der Waals surface area contributed by atoms with E-state index in [0.717, 1.165) is 6.26 Å². The zero-order valence-electron chi connectivity index (χ0n) is 30.2. The van der Waals surface area contributed by atoms with E-state index in [1.165, 1.54) is 43.5 Å². The first-order chi connectivity index (χ1) is 25.3. The van der Waals surface area contributed by atoms with Gasteiger partial charge in [0.1, 0.15) is 27.5 Å². The molecule has 1 unspecified atom stereocenters. The van der Waals surface area contributed by atoms with Crippen molar-refractivity contribution in [1.82, 2.24) is 0 Å². The topological polar surface area (TPSA) is 204 Å². The number of nitrogens with one attached hydrogen (secondary N) is 2. The standard InChI is InChI=1S/C38H41N5O9S2/c1-37(2,3)19-20-38(42(26-11-7-6-8-12-26)23-24-21-27(43(46)47)16-18-31(24)52-4)29-14-10-9-13-28(29)34(44)33(35(38)45)36-39-30-17-15-25(40-53(5,48)49)22-32(30)54(50,51)41-36/h6-18,21-22,40,44,50-51H,19-20,23H2,1-5H3,(H,39,41). The number of fused-ring (bicyclic) bond motifs is 2. The average Bonchev–Trinajstić information content (AvgIpc) is 3.10. The number of hydrogen-bond acceptors (Lipinski definition) is 12. The molecule has 0 bridgehead atoms. The number of hydrogen-bond donors (Lipinski definition) is 5. The van der Waals surface area contributed by atoms with Crippen LogP contribution in [0.15, 0.2) is 106 Å². The number of aliphatic hydroxyl groups excluding tert-OH is 1. The fourth-order valence-corrected chi connectivity index (χ4v) is 8.58. The van der Waals surface area contributed by atoms with E-state index in [1.54, 1.807) is 24.3 Å². The number of rotatable bonds is 11. The highest BCUT2D eigenvalue weighted by atomic mass is 32.3. The second-order valence-corrected chi connectivity index (χ2v) is 17.8. The molecule has 16 heteroatoms. The van der Waals surface area contributed by atoms with Crippen LogP contribution >= 0.6 is 10.8 Å². The lowest BCUT2D eigenvalue weighted by atomic mass is 9.68. The van der Waals surface area contributed by atoms with Gasteiger partial charge >= 0.3 is 0 Å². The molecule has 0 saturated carbocycles. The van der Waals surface area contributed by atoms with Crippen LogP contribution in [0.5, 0.6) is 5.75 Å². The number of methoxy groups -OCH3 is 1. The van der Waals surface area contributed by atoms with E-state index in [1.807, 2.05) is 56.0 Å². The number of ketones is 1. The summed E-state index contributed by atoms with van der Waals surface area (Å²) in [5.41, 5.74) is -0.419. The van der Waals surface area contributed by atoms with Crippen molar-refractivity contribution in [3.05, 3.63) is 123 Å². The Bertz CT molecular complexity index is 2320. The third-order valence-corrected chi connectivity index (χ3v) is 11.3. The Morgan fingerprint density at radius 1 is 1.02 bits per heavy atom. The van der Waals surface area contributed by atoms with Crippen LogP contribution in [0.3, 0.4) is 0 Å². The van der Waals surface area contributed by atoms with E-state index < -0.39 is 42.8 Å². The van der Waals surface area contributed by atoms with Gasteiger partial charge in [-0.15, -0.1) is 4.40 Å². The van der Waals surface area contributed by atoms with E-state index >= 15 is 4.79 Å². The van der Waals surface area contributed by atoms with Crippen molar-refractivity contribution in [2.45, 2.75) is 50.6 Å². The summed E-state index contributed by atoms with van der Waals surface area (Å²) in [6.45, 7) is 6.06. The second-order valence-electron chi connectivity index (χ2n) is 14.4. The van der Waals surface area contributed by atoms with Crippen molar-refractivity contribution in [3.63, 3.8) is 0 Å². The van der Waals surface area contributed by atoms with Gasteiger partial charge in [-0.25, -0.2) is 8.42 Å². The summed E-state index contributed by atoms with van der Waals surface area (Å²) in [6.07, 6.45) is 1.64.